The van der Waals surface area contributed by atoms with Crippen LogP contribution in [0.3, 0.4) is 0 Å². The summed E-state index contributed by atoms with van der Waals surface area (Å²) in [6.07, 6.45) is 4.26. The van der Waals surface area contributed by atoms with Crippen LogP contribution in [0.25, 0.3) is 5.65 Å². The SMILES string of the molecule is Cc1cn2cc(C(=O)N[C@@H]3COCC[C@H]3OCc3c(C)noc3C)ccc2n1. The molecule has 0 aliphatic carbocycles. The monoisotopic (exact) mass is 384 g/mol. The lowest BCUT2D eigenvalue weighted by atomic mass is 10.1. The van der Waals surface area contributed by atoms with E-state index < -0.39 is 0 Å². The molecule has 4 rings (SSSR count). The molecule has 1 aliphatic heterocycles. The number of ether oxygens (including phenoxy) is 2. The van der Waals surface area contributed by atoms with Gasteiger partial charge in [-0.2, -0.15) is 0 Å². The summed E-state index contributed by atoms with van der Waals surface area (Å²) in [6, 6.07) is 3.40. The molecule has 3 aromatic rings. The van der Waals surface area contributed by atoms with Gasteiger partial charge in [-0.1, -0.05) is 5.16 Å². The predicted molar refractivity (Wildman–Crippen MR) is 101 cm³/mol. The topological polar surface area (TPSA) is 90.9 Å². The number of aryl methyl sites for hydroxylation is 3. The Kier molecular flexibility index (Phi) is 5.15. The van der Waals surface area contributed by atoms with Gasteiger partial charge in [0, 0.05) is 24.6 Å². The van der Waals surface area contributed by atoms with Crippen molar-refractivity contribution in [1.82, 2.24) is 19.9 Å². The lowest BCUT2D eigenvalue weighted by Gasteiger charge is -2.32. The standard InChI is InChI=1S/C20H24N4O4/c1-12-8-24-9-15(4-5-19(24)21-12)20(25)22-17-11-26-7-6-18(17)27-10-16-13(2)23-28-14(16)3/h4-5,8-9,17-18H,6-7,10-11H2,1-3H3,(H,22,25)/t17-,18-/m1/s1. The Morgan fingerprint density at radius 3 is 2.96 bits per heavy atom. The summed E-state index contributed by atoms with van der Waals surface area (Å²) in [6.45, 7) is 7.12. The zero-order valence-corrected chi connectivity index (χ0v) is 16.3. The van der Waals surface area contributed by atoms with E-state index in [4.69, 9.17) is 14.0 Å². The van der Waals surface area contributed by atoms with Crippen molar-refractivity contribution in [3.05, 3.63) is 52.8 Å². The summed E-state index contributed by atoms with van der Waals surface area (Å²) in [5.74, 6) is 0.601. The fraction of sp³-hybridized carbons (Fsp3) is 0.450. The minimum Gasteiger partial charge on any atom is -0.379 e. The molecule has 3 aromatic heterocycles. The van der Waals surface area contributed by atoms with Crippen molar-refractivity contribution in [2.75, 3.05) is 13.2 Å². The van der Waals surface area contributed by atoms with Crippen molar-refractivity contribution in [2.45, 2.75) is 45.9 Å². The maximum Gasteiger partial charge on any atom is 0.253 e. The summed E-state index contributed by atoms with van der Waals surface area (Å²) in [7, 11) is 0. The van der Waals surface area contributed by atoms with E-state index in [9.17, 15) is 4.79 Å². The van der Waals surface area contributed by atoms with Crippen molar-refractivity contribution in [2.24, 2.45) is 0 Å². The predicted octanol–water partition coefficient (Wildman–Crippen LogP) is 2.35. The highest BCUT2D eigenvalue weighted by Crippen LogP contribution is 2.19. The number of nitrogens with zero attached hydrogens (tertiary/aromatic N) is 3. The highest BCUT2D eigenvalue weighted by molar-refractivity contribution is 5.94. The van der Waals surface area contributed by atoms with Crippen LogP contribution in [-0.2, 0) is 16.1 Å². The molecule has 1 N–H and O–H groups in total. The Morgan fingerprint density at radius 2 is 2.18 bits per heavy atom. The molecule has 2 atom stereocenters. The first kappa shape index (κ1) is 18.6. The third kappa shape index (κ3) is 3.79. The van der Waals surface area contributed by atoms with Crippen LogP contribution in [0.2, 0.25) is 0 Å². The Labute approximate surface area is 162 Å². The fourth-order valence-corrected chi connectivity index (χ4v) is 3.46. The third-order valence-electron chi connectivity index (χ3n) is 5.07. The van der Waals surface area contributed by atoms with Gasteiger partial charge in [0.05, 0.1) is 42.3 Å². The molecule has 1 amide bonds. The van der Waals surface area contributed by atoms with Gasteiger partial charge in [-0.25, -0.2) is 4.98 Å². The maximum absolute atomic E-state index is 12.8. The Hall–Kier alpha value is -2.71. The van der Waals surface area contributed by atoms with Gasteiger partial charge in [-0.05, 0) is 39.3 Å². The number of hydrogen-bond acceptors (Lipinski definition) is 6. The molecule has 8 nitrogen and oxygen atoms in total. The van der Waals surface area contributed by atoms with E-state index in [1.807, 2.05) is 37.4 Å². The number of carbonyl (C=O) groups is 1. The molecule has 0 bridgehead atoms. The van der Waals surface area contributed by atoms with Crippen LogP contribution in [-0.4, -0.2) is 45.8 Å². The molecule has 148 valence electrons. The number of pyridine rings is 1. The van der Waals surface area contributed by atoms with Crippen LogP contribution in [0.5, 0.6) is 0 Å². The molecule has 0 unspecified atom stereocenters. The number of nitrogens with one attached hydrogen (secondary N) is 1. The number of imidazole rings is 1. The van der Waals surface area contributed by atoms with E-state index in [0.29, 0.717) is 31.8 Å². The lowest BCUT2D eigenvalue weighted by molar-refractivity contribution is -0.0608. The van der Waals surface area contributed by atoms with Crippen molar-refractivity contribution >= 4 is 11.6 Å². The fourth-order valence-electron chi connectivity index (χ4n) is 3.46. The molecule has 1 fully saturated rings. The Balaban J connectivity index is 1.44. The van der Waals surface area contributed by atoms with E-state index in [0.717, 1.165) is 28.4 Å². The van der Waals surface area contributed by atoms with Gasteiger partial charge in [0.2, 0.25) is 0 Å². The largest absolute Gasteiger partial charge is 0.379 e. The summed E-state index contributed by atoms with van der Waals surface area (Å²) < 4.78 is 18.7. The van der Waals surface area contributed by atoms with Crippen LogP contribution in [0, 0.1) is 20.8 Å². The van der Waals surface area contributed by atoms with Crippen molar-refractivity contribution in [3.63, 3.8) is 0 Å². The Bertz CT molecular complexity index is 974. The third-order valence-corrected chi connectivity index (χ3v) is 5.07. The first-order valence-electron chi connectivity index (χ1n) is 9.38. The molecule has 0 saturated carbocycles. The van der Waals surface area contributed by atoms with Crippen LogP contribution in [0.15, 0.2) is 29.0 Å². The van der Waals surface area contributed by atoms with Gasteiger partial charge < -0.3 is 23.7 Å². The minimum atomic E-state index is -0.220. The number of carbonyl (C=O) groups excluding carboxylic acids is 1. The molecule has 4 heterocycles. The van der Waals surface area contributed by atoms with Crippen LogP contribution >= 0.6 is 0 Å². The smallest absolute Gasteiger partial charge is 0.253 e. The molecule has 1 aliphatic rings. The van der Waals surface area contributed by atoms with E-state index in [1.54, 1.807) is 12.3 Å². The maximum atomic E-state index is 12.8. The molecule has 0 spiro atoms. The zero-order chi connectivity index (χ0) is 19.7. The number of rotatable bonds is 5. The molecule has 0 aromatic carbocycles. The number of aromatic nitrogens is 3. The van der Waals surface area contributed by atoms with E-state index in [1.165, 1.54) is 0 Å². The average Bonchev–Trinajstić information content (AvgIpc) is 3.21. The minimum absolute atomic E-state index is 0.134. The molecule has 28 heavy (non-hydrogen) atoms. The summed E-state index contributed by atoms with van der Waals surface area (Å²) in [4.78, 5) is 17.2. The lowest BCUT2D eigenvalue weighted by Crippen LogP contribution is -2.50. The zero-order valence-electron chi connectivity index (χ0n) is 16.3. The molecule has 1 saturated heterocycles. The average molecular weight is 384 g/mol. The van der Waals surface area contributed by atoms with E-state index in [-0.39, 0.29) is 18.1 Å². The normalized spacial score (nSPS) is 19.8. The van der Waals surface area contributed by atoms with Crippen LogP contribution < -0.4 is 5.32 Å². The van der Waals surface area contributed by atoms with Crippen molar-refractivity contribution in [3.8, 4) is 0 Å². The first-order chi connectivity index (χ1) is 13.5. The molecule has 8 heteroatoms. The van der Waals surface area contributed by atoms with Gasteiger partial charge in [0.15, 0.2) is 0 Å². The van der Waals surface area contributed by atoms with Gasteiger partial charge in [0.1, 0.15) is 11.4 Å². The quantitative estimate of drug-likeness (QED) is 0.726. The second-order valence-electron chi connectivity index (χ2n) is 7.16. The number of fused-ring (bicyclic) bond motifs is 1. The van der Waals surface area contributed by atoms with E-state index >= 15 is 0 Å². The van der Waals surface area contributed by atoms with E-state index in [2.05, 4.69) is 15.5 Å². The van der Waals surface area contributed by atoms with Crippen LogP contribution in [0.4, 0.5) is 0 Å². The van der Waals surface area contributed by atoms with Gasteiger partial charge >= 0.3 is 0 Å². The molecule has 0 radical (unpaired) electrons. The first-order valence-corrected chi connectivity index (χ1v) is 9.38. The number of hydrogen-bond donors (Lipinski definition) is 1. The van der Waals surface area contributed by atoms with Crippen molar-refractivity contribution in [1.29, 1.82) is 0 Å². The van der Waals surface area contributed by atoms with Crippen LogP contribution in [0.1, 0.15) is 39.5 Å². The summed E-state index contributed by atoms with van der Waals surface area (Å²) >= 11 is 0. The second kappa shape index (κ2) is 7.73. The summed E-state index contributed by atoms with van der Waals surface area (Å²) in [5.41, 5.74) is 4.08. The highest BCUT2D eigenvalue weighted by Gasteiger charge is 2.29. The van der Waals surface area contributed by atoms with Crippen molar-refractivity contribution < 1.29 is 18.8 Å². The van der Waals surface area contributed by atoms with Gasteiger partial charge in [0.25, 0.3) is 5.91 Å². The van der Waals surface area contributed by atoms with Gasteiger partial charge in [-0.15, -0.1) is 0 Å². The molecular formula is C20H24N4O4. The number of amides is 1. The Morgan fingerprint density at radius 1 is 1.32 bits per heavy atom. The van der Waals surface area contributed by atoms with Gasteiger partial charge in [-0.3, -0.25) is 4.79 Å². The second-order valence-corrected chi connectivity index (χ2v) is 7.16. The highest BCUT2D eigenvalue weighted by atomic mass is 16.5. The molecular weight excluding hydrogens is 360 g/mol. The summed E-state index contributed by atoms with van der Waals surface area (Å²) in [5, 5.41) is 7.01.